The van der Waals surface area contributed by atoms with Gasteiger partial charge in [0.25, 0.3) is 11.5 Å². The molecule has 5 rings (SSSR count). The molecule has 3 aromatic heterocycles. The van der Waals surface area contributed by atoms with Gasteiger partial charge in [0.15, 0.2) is 5.65 Å². The summed E-state index contributed by atoms with van der Waals surface area (Å²) in [5.74, 6) is 0.474. The van der Waals surface area contributed by atoms with Crippen molar-refractivity contribution in [2.45, 2.75) is 25.8 Å². The number of carbonyl (C=O) groups excluding carboxylic acids is 1. The fourth-order valence-corrected chi connectivity index (χ4v) is 3.83. The molecule has 9 nitrogen and oxygen atoms in total. The summed E-state index contributed by atoms with van der Waals surface area (Å²) < 4.78 is 1.58. The second-order valence-corrected chi connectivity index (χ2v) is 6.93. The van der Waals surface area contributed by atoms with E-state index in [1.807, 2.05) is 0 Å². The van der Waals surface area contributed by atoms with Crippen LogP contribution in [0.5, 0.6) is 0 Å². The molecule has 0 atom stereocenters. The second kappa shape index (κ2) is 6.19. The zero-order valence-corrected chi connectivity index (χ0v) is 14.8. The summed E-state index contributed by atoms with van der Waals surface area (Å²) in [4.78, 5) is 41.1. The van der Waals surface area contributed by atoms with Gasteiger partial charge in [-0.25, -0.2) is 14.5 Å². The van der Waals surface area contributed by atoms with Crippen LogP contribution in [0.2, 0.25) is 0 Å². The zero-order chi connectivity index (χ0) is 18.4. The van der Waals surface area contributed by atoms with Crippen molar-refractivity contribution < 1.29 is 4.79 Å². The van der Waals surface area contributed by atoms with E-state index in [9.17, 15) is 9.59 Å². The molecule has 138 valence electrons. The van der Waals surface area contributed by atoms with Crippen molar-refractivity contribution in [1.29, 1.82) is 0 Å². The minimum absolute atomic E-state index is 0.0911. The summed E-state index contributed by atoms with van der Waals surface area (Å²) in [5, 5.41) is 4.19. The smallest absolute Gasteiger partial charge is 0.259 e. The minimum Gasteiger partial charge on any atom is -0.342 e. The lowest BCUT2D eigenvalue weighted by molar-refractivity contribution is 0.0733. The van der Waals surface area contributed by atoms with Crippen molar-refractivity contribution in [3.63, 3.8) is 0 Å². The van der Waals surface area contributed by atoms with Gasteiger partial charge in [0.1, 0.15) is 5.56 Å². The highest BCUT2D eigenvalue weighted by molar-refractivity contribution is 5.99. The van der Waals surface area contributed by atoms with E-state index in [-0.39, 0.29) is 11.5 Å². The molecule has 1 N–H and O–H groups in total. The normalized spacial score (nSPS) is 16.7. The maximum absolute atomic E-state index is 13.0. The van der Waals surface area contributed by atoms with Gasteiger partial charge in [0, 0.05) is 37.6 Å². The molecule has 2 aliphatic rings. The quantitative estimate of drug-likeness (QED) is 0.714. The number of aromatic amines is 1. The Hall–Kier alpha value is -3.23. The Bertz CT molecular complexity index is 1080. The molecule has 9 heteroatoms. The van der Waals surface area contributed by atoms with Crippen LogP contribution in [0.4, 0.5) is 5.95 Å². The summed E-state index contributed by atoms with van der Waals surface area (Å²) in [6, 6.07) is 1.77. The molecule has 0 aliphatic carbocycles. The molecule has 1 saturated heterocycles. The monoisotopic (exact) mass is 365 g/mol. The van der Waals surface area contributed by atoms with Crippen molar-refractivity contribution in [2.24, 2.45) is 0 Å². The number of hydrogen-bond acceptors (Lipinski definition) is 6. The van der Waals surface area contributed by atoms with Gasteiger partial charge in [-0.15, -0.1) is 0 Å². The van der Waals surface area contributed by atoms with E-state index in [0.717, 1.165) is 25.9 Å². The van der Waals surface area contributed by atoms with E-state index < -0.39 is 0 Å². The first-order valence-corrected chi connectivity index (χ1v) is 9.15. The van der Waals surface area contributed by atoms with Crippen LogP contribution in [-0.4, -0.2) is 55.0 Å². The number of nitrogens with zero attached hydrogens (tertiary/aromatic N) is 6. The van der Waals surface area contributed by atoms with Gasteiger partial charge in [-0.05, 0) is 25.3 Å². The lowest BCUT2D eigenvalue weighted by atomic mass is 10.1. The number of carbonyl (C=O) groups is 1. The number of hydrogen-bond donors (Lipinski definition) is 1. The van der Waals surface area contributed by atoms with Gasteiger partial charge >= 0.3 is 0 Å². The fourth-order valence-electron chi connectivity index (χ4n) is 3.83. The van der Waals surface area contributed by atoms with Gasteiger partial charge in [0.2, 0.25) is 5.95 Å². The summed E-state index contributed by atoms with van der Waals surface area (Å²) in [5.41, 5.74) is 2.27. The standard InChI is InChI=1S/C18H19N7O2/c26-16-12-4-9-24(11-14(12)21-18(22-16)23-6-1-2-7-23)17(27)13-10-20-25-8-3-5-19-15(13)25/h3,5,8,10H,1-2,4,6-7,9,11H2,(H,21,22,26). The average molecular weight is 365 g/mol. The molecule has 0 spiro atoms. The maximum atomic E-state index is 13.0. The Morgan fingerprint density at radius 1 is 1.19 bits per heavy atom. The molecule has 2 aliphatic heterocycles. The summed E-state index contributed by atoms with van der Waals surface area (Å²) >= 11 is 0. The van der Waals surface area contributed by atoms with Gasteiger partial charge in [-0.2, -0.15) is 5.10 Å². The van der Waals surface area contributed by atoms with Crippen LogP contribution in [-0.2, 0) is 13.0 Å². The Balaban J connectivity index is 1.46. The largest absolute Gasteiger partial charge is 0.342 e. The Labute approximate surface area is 154 Å². The van der Waals surface area contributed by atoms with Crippen LogP contribution in [0, 0.1) is 0 Å². The highest BCUT2D eigenvalue weighted by Crippen LogP contribution is 2.21. The van der Waals surface area contributed by atoms with E-state index in [4.69, 9.17) is 0 Å². The van der Waals surface area contributed by atoms with Crippen LogP contribution in [0.15, 0.2) is 29.5 Å². The number of H-pyrrole nitrogens is 1. The molecular formula is C18H19N7O2. The summed E-state index contributed by atoms with van der Waals surface area (Å²) in [6.45, 7) is 2.60. The highest BCUT2D eigenvalue weighted by Gasteiger charge is 2.28. The summed E-state index contributed by atoms with van der Waals surface area (Å²) in [7, 11) is 0. The van der Waals surface area contributed by atoms with Gasteiger partial charge in [0.05, 0.1) is 18.4 Å². The van der Waals surface area contributed by atoms with E-state index >= 15 is 0 Å². The maximum Gasteiger partial charge on any atom is 0.259 e. The van der Waals surface area contributed by atoms with Crippen molar-refractivity contribution in [2.75, 3.05) is 24.5 Å². The number of fused-ring (bicyclic) bond motifs is 2. The van der Waals surface area contributed by atoms with E-state index in [1.54, 1.807) is 34.1 Å². The molecule has 3 aromatic rings. The third-order valence-corrected chi connectivity index (χ3v) is 5.26. The predicted octanol–water partition coefficient (Wildman–Crippen LogP) is 0.611. The van der Waals surface area contributed by atoms with E-state index in [2.05, 4.69) is 25.0 Å². The third-order valence-electron chi connectivity index (χ3n) is 5.26. The SMILES string of the molecule is O=C(c1cnn2cccnc12)N1CCc2c(nc(N3CCCC3)[nH]c2=O)C1. The zero-order valence-electron chi connectivity index (χ0n) is 14.8. The second-order valence-electron chi connectivity index (χ2n) is 6.93. The predicted molar refractivity (Wildman–Crippen MR) is 97.7 cm³/mol. The number of aromatic nitrogens is 5. The van der Waals surface area contributed by atoms with E-state index in [0.29, 0.717) is 47.9 Å². The molecule has 1 amide bonds. The molecule has 1 fully saturated rings. The molecule has 0 saturated carbocycles. The third kappa shape index (κ3) is 2.66. The Kier molecular flexibility index (Phi) is 3.66. The molecule has 5 heterocycles. The van der Waals surface area contributed by atoms with Crippen molar-refractivity contribution in [3.8, 4) is 0 Å². The lowest BCUT2D eigenvalue weighted by Crippen LogP contribution is -2.40. The van der Waals surface area contributed by atoms with Crippen LogP contribution >= 0.6 is 0 Å². The Morgan fingerprint density at radius 3 is 2.89 bits per heavy atom. The number of rotatable bonds is 2. The van der Waals surface area contributed by atoms with Crippen molar-refractivity contribution >= 4 is 17.5 Å². The van der Waals surface area contributed by atoms with Crippen LogP contribution in [0.3, 0.4) is 0 Å². The van der Waals surface area contributed by atoms with Crippen LogP contribution in [0.1, 0.15) is 34.5 Å². The fraction of sp³-hybridized carbons (Fsp3) is 0.389. The summed E-state index contributed by atoms with van der Waals surface area (Å²) in [6.07, 6.45) is 7.65. The molecule has 0 aromatic carbocycles. The first-order chi connectivity index (χ1) is 13.2. The Morgan fingerprint density at radius 2 is 2.04 bits per heavy atom. The average Bonchev–Trinajstić information content (AvgIpc) is 3.37. The van der Waals surface area contributed by atoms with Gasteiger partial charge < -0.3 is 9.80 Å². The van der Waals surface area contributed by atoms with Crippen LogP contribution in [0.25, 0.3) is 5.65 Å². The molecule has 27 heavy (non-hydrogen) atoms. The molecular weight excluding hydrogens is 346 g/mol. The van der Waals surface area contributed by atoms with Gasteiger partial charge in [-0.1, -0.05) is 0 Å². The van der Waals surface area contributed by atoms with E-state index in [1.165, 1.54) is 0 Å². The van der Waals surface area contributed by atoms with Crippen molar-refractivity contribution in [1.82, 2.24) is 29.5 Å². The van der Waals surface area contributed by atoms with Crippen molar-refractivity contribution in [3.05, 3.63) is 51.8 Å². The number of nitrogens with one attached hydrogen (secondary N) is 1. The first kappa shape index (κ1) is 16.0. The minimum atomic E-state index is -0.140. The molecule has 0 unspecified atom stereocenters. The molecule has 0 radical (unpaired) electrons. The lowest BCUT2D eigenvalue weighted by Gasteiger charge is -2.28. The van der Waals surface area contributed by atoms with Crippen LogP contribution < -0.4 is 10.5 Å². The highest BCUT2D eigenvalue weighted by atomic mass is 16.2. The topological polar surface area (TPSA) is 99.5 Å². The molecule has 0 bridgehead atoms. The number of anilines is 1. The number of amides is 1. The van der Waals surface area contributed by atoms with Gasteiger partial charge in [-0.3, -0.25) is 14.6 Å². The first-order valence-electron chi connectivity index (χ1n) is 9.15.